The van der Waals surface area contributed by atoms with Gasteiger partial charge in [-0.05, 0) is 186 Å². The molecule has 105 heavy (non-hydrogen) atoms. The van der Waals surface area contributed by atoms with Crippen LogP contribution in [0.3, 0.4) is 0 Å². The first-order valence-electron chi connectivity index (χ1n) is 36.2. The van der Waals surface area contributed by atoms with Crippen molar-refractivity contribution in [3.63, 3.8) is 0 Å². The molecule has 5 nitrogen and oxygen atoms in total. The van der Waals surface area contributed by atoms with E-state index in [-0.39, 0.29) is 0 Å². The third-order valence-electron chi connectivity index (χ3n) is 22.8. The first kappa shape index (κ1) is 57.7. The Morgan fingerprint density at radius 1 is 0.181 bits per heavy atom. The number of rotatable bonds is 9. The van der Waals surface area contributed by atoms with Crippen LogP contribution in [0.15, 0.2) is 358 Å². The van der Waals surface area contributed by atoms with Crippen molar-refractivity contribution >= 4 is 97.7 Å². The van der Waals surface area contributed by atoms with Gasteiger partial charge in [-0.2, -0.15) is 0 Å². The highest BCUT2D eigenvalue weighted by Gasteiger charge is 2.29. The first-order chi connectivity index (χ1) is 52.1. The molecule has 0 radical (unpaired) electrons. The van der Waals surface area contributed by atoms with Gasteiger partial charge >= 0.3 is 0 Å². The SMILES string of the molecule is c1ccc(-c2ccc3c(c2)c2cc(-c4ccc(-c5cccc6c5-c5cccc7c(-c8cccc(-n9c%10ccccc%10c%10cc(-c%11ccc%12c(c%11)c%11ccccc%11n%12-c%11ccc%12ccccc%12c%11)ccc%109)c8)ncc-6c57)cc4)ccc2n3-c2cccc(-c3ncc4c5c(cccc35)-c3ccccc3-4)c2)cc1. The standard InChI is InChI=1S/C100H59N5/c1-2-17-60(18-3-1)65-42-47-94-86(54-65)87-55-66(43-48-95(87)104(94)72-24-13-21-69(53-72)99-82-33-15-30-79-75-25-6-7-26-76(75)88(58-101-99)97(79)82)62-37-39-63(40-38-62)74-29-14-31-80-89-59-102-100(83-34-16-32-81(96(74)80)98(83)89)70-22-12-23-71(52-70)103-90-35-10-8-27-77(90)84-56-67(44-49-92(84)103)68-45-50-93-85(57-68)78-28-9-11-36-91(78)105(93)73-46-41-61-19-4-5-20-64(61)51-73/h1-59H. The lowest BCUT2D eigenvalue weighted by Gasteiger charge is -2.13. The molecule has 0 spiro atoms. The minimum Gasteiger partial charge on any atom is -0.309 e. The van der Waals surface area contributed by atoms with Crippen molar-refractivity contribution < 1.29 is 0 Å². The van der Waals surface area contributed by atoms with Gasteiger partial charge in [0.25, 0.3) is 0 Å². The van der Waals surface area contributed by atoms with Gasteiger partial charge in [-0.25, -0.2) is 0 Å². The summed E-state index contributed by atoms with van der Waals surface area (Å²) < 4.78 is 7.28. The Hall–Kier alpha value is -14.0. The van der Waals surface area contributed by atoms with E-state index in [9.17, 15) is 0 Å². The minimum atomic E-state index is 0.971. The van der Waals surface area contributed by atoms with E-state index in [0.717, 1.165) is 72.6 Å². The predicted molar refractivity (Wildman–Crippen MR) is 439 cm³/mol. The molecule has 0 bridgehead atoms. The molecule has 0 saturated carbocycles. The lowest BCUT2D eigenvalue weighted by molar-refractivity contribution is 1.18. The highest BCUT2D eigenvalue weighted by Crippen LogP contribution is 2.54. The van der Waals surface area contributed by atoms with Crippen molar-refractivity contribution in [1.82, 2.24) is 23.7 Å². The zero-order chi connectivity index (χ0) is 68.5. The van der Waals surface area contributed by atoms with Gasteiger partial charge in [0.05, 0.1) is 44.5 Å². The molecule has 0 unspecified atom stereocenters. The maximum atomic E-state index is 5.39. The molecule has 0 atom stereocenters. The molecule has 0 saturated heterocycles. The van der Waals surface area contributed by atoms with Crippen LogP contribution >= 0.6 is 0 Å². The maximum Gasteiger partial charge on any atom is 0.0781 e. The number of hydrogen-bond donors (Lipinski definition) is 0. The van der Waals surface area contributed by atoms with Gasteiger partial charge in [-0.15, -0.1) is 0 Å². The molecule has 5 aromatic heterocycles. The van der Waals surface area contributed by atoms with E-state index in [4.69, 9.17) is 9.97 Å². The first-order valence-corrected chi connectivity index (χ1v) is 36.2. The summed E-state index contributed by atoms with van der Waals surface area (Å²) in [5.41, 5.74) is 33.8. The van der Waals surface area contributed by atoms with Gasteiger partial charge in [0.1, 0.15) is 0 Å². The Bertz CT molecular complexity index is 7300. The van der Waals surface area contributed by atoms with E-state index < -0.39 is 0 Å². The highest BCUT2D eigenvalue weighted by atomic mass is 15.0. The molecule has 0 amide bonds. The normalized spacial score (nSPS) is 12.2. The summed E-state index contributed by atoms with van der Waals surface area (Å²) in [6.07, 6.45) is 4.19. The molecule has 484 valence electrons. The largest absolute Gasteiger partial charge is 0.309 e. The summed E-state index contributed by atoms with van der Waals surface area (Å²) in [4.78, 5) is 10.6. The fourth-order valence-electron chi connectivity index (χ4n) is 18.1. The third-order valence-corrected chi connectivity index (χ3v) is 22.8. The van der Waals surface area contributed by atoms with Gasteiger partial charge in [-0.3, -0.25) is 9.97 Å². The maximum absolute atomic E-state index is 5.39. The summed E-state index contributed by atoms with van der Waals surface area (Å²) in [5.74, 6) is 0. The van der Waals surface area contributed by atoms with Crippen molar-refractivity contribution in [2.24, 2.45) is 0 Å². The fraction of sp³-hybridized carbons (Fsp3) is 0. The Morgan fingerprint density at radius 2 is 0.552 bits per heavy atom. The van der Waals surface area contributed by atoms with Crippen LogP contribution < -0.4 is 0 Å². The second-order valence-corrected chi connectivity index (χ2v) is 28.3. The molecule has 2 aliphatic rings. The summed E-state index contributed by atoms with van der Waals surface area (Å²) >= 11 is 0. The predicted octanol–water partition coefficient (Wildman–Crippen LogP) is 26.5. The molecule has 5 heterocycles. The molecule has 0 aliphatic heterocycles. The Morgan fingerprint density at radius 3 is 1.14 bits per heavy atom. The summed E-state index contributed by atoms with van der Waals surface area (Å²) in [6.45, 7) is 0. The van der Waals surface area contributed by atoms with Crippen LogP contribution in [0.5, 0.6) is 0 Å². The van der Waals surface area contributed by atoms with Gasteiger partial charge in [0.2, 0.25) is 0 Å². The van der Waals surface area contributed by atoms with E-state index in [1.54, 1.807) is 0 Å². The van der Waals surface area contributed by atoms with Crippen LogP contribution in [-0.2, 0) is 0 Å². The van der Waals surface area contributed by atoms with E-state index in [1.807, 2.05) is 0 Å². The Kier molecular flexibility index (Phi) is 12.2. The van der Waals surface area contributed by atoms with Gasteiger partial charge in [0.15, 0.2) is 0 Å². The quantitative estimate of drug-likeness (QED) is 0.144. The lowest BCUT2D eigenvalue weighted by atomic mass is 9.92. The average molecular weight is 1330 g/mol. The minimum absolute atomic E-state index is 0.971. The lowest BCUT2D eigenvalue weighted by Crippen LogP contribution is -1.95. The fourth-order valence-corrected chi connectivity index (χ4v) is 18.1. The van der Waals surface area contributed by atoms with E-state index in [0.29, 0.717) is 0 Å². The van der Waals surface area contributed by atoms with Crippen LogP contribution in [-0.4, -0.2) is 23.7 Å². The van der Waals surface area contributed by atoms with Crippen molar-refractivity contribution in [1.29, 1.82) is 0 Å². The second-order valence-electron chi connectivity index (χ2n) is 28.3. The number of nitrogens with zero attached hydrogens (tertiary/aromatic N) is 5. The van der Waals surface area contributed by atoms with E-state index >= 15 is 0 Å². The van der Waals surface area contributed by atoms with Crippen molar-refractivity contribution in [3.8, 4) is 129 Å². The van der Waals surface area contributed by atoms with Crippen LogP contribution in [0.25, 0.3) is 226 Å². The smallest absolute Gasteiger partial charge is 0.0781 e. The van der Waals surface area contributed by atoms with Crippen LogP contribution in [0.2, 0.25) is 0 Å². The molecule has 16 aromatic carbocycles. The average Bonchev–Trinajstić information content (AvgIpc) is 1.58. The molecule has 2 aliphatic carbocycles. The van der Waals surface area contributed by atoms with Crippen molar-refractivity contribution in [2.75, 3.05) is 0 Å². The summed E-state index contributed by atoms with van der Waals surface area (Å²) in [5, 5.41) is 14.6. The number of fused-ring (bicyclic) bond motifs is 16. The molecule has 0 N–H and O–H groups in total. The summed E-state index contributed by atoms with van der Waals surface area (Å²) in [7, 11) is 0. The third kappa shape index (κ3) is 8.58. The van der Waals surface area contributed by atoms with Gasteiger partial charge in [-0.1, -0.05) is 249 Å². The number of aromatic nitrogens is 5. The monoisotopic (exact) mass is 1330 g/mol. The molecule has 0 fully saturated rings. The van der Waals surface area contributed by atoms with Crippen molar-refractivity contribution in [3.05, 3.63) is 358 Å². The zero-order valence-electron chi connectivity index (χ0n) is 56.8. The number of hydrogen-bond acceptors (Lipinski definition) is 2. The topological polar surface area (TPSA) is 40.6 Å². The van der Waals surface area contributed by atoms with Gasteiger partial charge < -0.3 is 13.7 Å². The van der Waals surface area contributed by atoms with E-state index in [2.05, 4.69) is 372 Å². The number of benzene rings is 16. The second kappa shape index (κ2) is 22.2. The van der Waals surface area contributed by atoms with Crippen LogP contribution in [0.1, 0.15) is 0 Å². The number of para-hydroxylation sites is 2. The molecule has 21 aromatic rings. The Labute approximate surface area is 604 Å². The van der Waals surface area contributed by atoms with E-state index in [1.165, 1.54) is 154 Å². The van der Waals surface area contributed by atoms with Crippen LogP contribution in [0, 0.1) is 0 Å². The molecular weight excluding hydrogens is 1270 g/mol. The molecule has 5 heteroatoms. The summed E-state index contributed by atoms with van der Waals surface area (Å²) in [6, 6.07) is 128. The zero-order valence-corrected chi connectivity index (χ0v) is 56.8. The Balaban J connectivity index is 0.579. The highest BCUT2D eigenvalue weighted by molar-refractivity contribution is 6.22. The van der Waals surface area contributed by atoms with Gasteiger partial charge in [0, 0.05) is 106 Å². The molecule has 23 rings (SSSR count). The molecular formula is C100H59N5. The van der Waals surface area contributed by atoms with Crippen LogP contribution in [0.4, 0.5) is 0 Å². The van der Waals surface area contributed by atoms with Crippen molar-refractivity contribution in [2.45, 2.75) is 0 Å². The number of pyridine rings is 2.